The molecular weight excluding hydrogens is 256 g/mol. The van der Waals surface area contributed by atoms with Crippen molar-refractivity contribution in [3.05, 3.63) is 24.3 Å². The van der Waals surface area contributed by atoms with Crippen molar-refractivity contribution in [2.75, 3.05) is 13.7 Å². The molecule has 2 N–H and O–H groups in total. The number of carboxylic acids is 1. The van der Waals surface area contributed by atoms with Gasteiger partial charge in [-0.15, -0.1) is 0 Å². The summed E-state index contributed by atoms with van der Waals surface area (Å²) in [6.45, 7) is 6.27. The van der Waals surface area contributed by atoms with Crippen LogP contribution in [0.5, 0.6) is 0 Å². The van der Waals surface area contributed by atoms with Crippen LogP contribution in [0.25, 0.3) is 0 Å². The maximum atomic E-state index is 10.6. The van der Waals surface area contributed by atoms with Crippen molar-refractivity contribution in [2.24, 2.45) is 0 Å². The molecule has 19 heavy (non-hydrogen) atoms. The maximum Gasteiger partial charge on any atom is 0.332 e. The van der Waals surface area contributed by atoms with Gasteiger partial charge in [-0.1, -0.05) is 6.58 Å². The lowest BCUT2D eigenvalue weighted by molar-refractivity contribution is -0.141. The van der Waals surface area contributed by atoms with Crippen molar-refractivity contribution >= 4 is 17.9 Å². The van der Waals surface area contributed by atoms with E-state index in [2.05, 4.69) is 16.1 Å². The first-order chi connectivity index (χ1) is 8.70. The van der Waals surface area contributed by atoms with Crippen LogP contribution in [0.15, 0.2) is 24.3 Å². The van der Waals surface area contributed by atoms with Crippen LogP contribution in [0.2, 0.25) is 0 Å². The van der Waals surface area contributed by atoms with Gasteiger partial charge in [0.05, 0.1) is 13.2 Å². The Kier molecular flexibility index (Phi) is 11.1. The molecule has 1 unspecified atom stereocenters. The Morgan fingerprint density at radius 3 is 2.11 bits per heavy atom. The fourth-order valence-electron chi connectivity index (χ4n) is 0.564. The van der Waals surface area contributed by atoms with Crippen molar-refractivity contribution in [1.82, 2.24) is 0 Å². The number of hydrogen-bond acceptors (Lipinski definition) is 6. The SMILES string of the molecule is C=C(C)C(=O)OC.CC(O)COC(=O)/C=C/C(=O)O. The second-order valence-corrected chi connectivity index (χ2v) is 3.42. The first-order valence-corrected chi connectivity index (χ1v) is 5.20. The van der Waals surface area contributed by atoms with Gasteiger partial charge in [-0.25, -0.2) is 14.4 Å². The van der Waals surface area contributed by atoms with Crippen LogP contribution in [-0.4, -0.2) is 47.9 Å². The molecule has 0 aromatic heterocycles. The van der Waals surface area contributed by atoms with Gasteiger partial charge in [0.25, 0.3) is 0 Å². The lowest BCUT2D eigenvalue weighted by Crippen LogP contribution is -2.13. The minimum atomic E-state index is -1.22. The van der Waals surface area contributed by atoms with Crippen LogP contribution >= 0.6 is 0 Å². The van der Waals surface area contributed by atoms with Gasteiger partial charge >= 0.3 is 17.9 Å². The molecule has 7 heteroatoms. The van der Waals surface area contributed by atoms with E-state index in [9.17, 15) is 14.4 Å². The molecule has 0 saturated carbocycles. The summed E-state index contributed by atoms with van der Waals surface area (Å²) in [7, 11) is 1.33. The number of methoxy groups -OCH3 is 1. The van der Waals surface area contributed by atoms with Gasteiger partial charge in [0.15, 0.2) is 0 Å². The summed E-state index contributed by atoms with van der Waals surface area (Å²) in [6, 6.07) is 0. The van der Waals surface area contributed by atoms with E-state index in [0.29, 0.717) is 11.6 Å². The number of aliphatic hydroxyl groups excluding tert-OH is 1. The molecule has 0 spiro atoms. The van der Waals surface area contributed by atoms with Crippen LogP contribution in [0.4, 0.5) is 0 Å². The third-order valence-electron chi connectivity index (χ3n) is 1.36. The molecule has 0 aliphatic carbocycles. The van der Waals surface area contributed by atoms with Crippen LogP contribution < -0.4 is 0 Å². The Morgan fingerprint density at radius 2 is 1.84 bits per heavy atom. The van der Waals surface area contributed by atoms with E-state index in [-0.39, 0.29) is 12.6 Å². The van der Waals surface area contributed by atoms with Gasteiger partial charge in [-0.05, 0) is 13.8 Å². The fraction of sp³-hybridized carbons (Fsp3) is 0.417. The molecule has 0 fully saturated rings. The molecule has 0 aromatic carbocycles. The highest BCUT2D eigenvalue weighted by Crippen LogP contribution is 1.87. The van der Waals surface area contributed by atoms with Crippen molar-refractivity contribution in [3.63, 3.8) is 0 Å². The molecule has 0 aliphatic rings. The van der Waals surface area contributed by atoms with Crippen LogP contribution in [0.3, 0.4) is 0 Å². The molecule has 0 aliphatic heterocycles. The molecular formula is C12H18O7. The Bertz CT molecular complexity index is 355. The number of aliphatic hydroxyl groups is 1. The number of rotatable bonds is 5. The summed E-state index contributed by atoms with van der Waals surface area (Å²) in [5, 5.41) is 16.8. The third kappa shape index (κ3) is 15.9. The predicted octanol–water partition coefficient (Wildman–Crippen LogP) is 0.287. The molecule has 1 atom stereocenters. The Morgan fingerprint density at radius 1 is 1.32 bits per heavy atom. The number of carbonyl (C=O) groups is 3. The largest absolute Gasteiger partial charge is 0.478 e. The Balaban J connectivity index is 0. The number of ether oxygens (including phenoxy) is 2. The number of hydrogen-bond donors (Lipinski definition) is 2. The Labute approximate surface area is 111 Å². The summed E-state index contributed by atoms with van der Waals surface area (Å²) in [6.07, 6.45) is 0.710. The van der Waals surface area contributed by atoms with E-state index in [1.807, 2.05) is 0 Å². The number of esters is 2. The highest BCUT2D eigenvalue weighted by molar-refractivity contribution is 5.90. The van der Waals surface area contributed by atoms with Crippen molar-refractivity contribution in [3.8, 4) is 0 Å². The molecule has 0 amide bonds. The zero-order valence-electron chi connectivity index (χ0n) is 11.1. The van der Waals surface area contributed by atoms with Crippen molar-refractivity contribution < 1.29 is 34.1 Å². The van der Waals surface area contributed by atoms with E-state index < -0.39 is 18.0 Å². The lowest BCUT2D eigenvalue weighted by atomic mass is 10.4. The summed E-state index contributed by atoms with van der Waals surface area (Å²) in [4.78, 5) is 30.7. The van der Waals surface area contributed by atoms with Gasteiger partial charge in [0.1, 0.15) is 6.61 Å². The maximum absolute atomic E-state index is 10.6. The van der Waals surface area contributed by atoms with Gasteiger partial charge in [-0.3, -0.25) is 0 Å². The minimum absolute atomic E-state index is 0.136. The quantitative estimate of drug-likeness (QED) is 0.547. The highest BCUT2D eigenvalue weighted by atomic mass is 16.5. The molecule has 0 radical (unpaired) electrons. The smallest absolute Gasteiger partial charge is 0.332 e. The summed E-state index contributed by atoms with van der Waals surface area (Å²) >= 11 is 0. The van der Waals surface area contributed by atoms with E-state index in [0.717, 1.165) is 6.08 Å². The summed E-state index contributed by atoms with van der Waals surface area (Å²) in [5.74, 6) is -2.35. The second kappa shape index (κ2) is 11.0. The average Bonchev–Trinajstić information content (AvgIpc) is 2.33. The molecule has 0 heterocycles. The van der Waals surface area contributed by atoms with E-state index in [1.54, 1.807) is 6.92 Å². The average molecular weight is 274 g/mol. The summed E-state index contributed by atoms with van der Waals surface area (Å²) in [5.41, 5.74) is 0.433. The second-order valence-electron chi connectivity index (χ2n) is 3.42. The van der Waals surface area contributed by atoms with Crippen LogP contribution in [0, 0.1) is 0 Å². The van der Waals surface area contributed by atoms with E-state index >= 15 is 0 Å². The lowest BCUT2D eigenvalue weighted by Gasteiger charge is -2.02. The van der Waals surface area contributed by atoms with E-state index in [4.69, 9.17) is 10.2 Å². The predicted molar refractivity (Wildman–Crippen MR) is 66.2 cm³/mol. The summed E-state index contributed by atoms with van der Waals surface area (Å²) < 4.78 is 8.69. The number of carboxylic acid groups (broad SMARTS) is 1. The van der Waals surface area contributed by atoms with Crippen LogP contribution in [-0.2, 0) is 23.9 Å². The molecule has 0 rings (SSSR count). The first kappa shape index (κ1) is 19.2. The van der Waals surface area contributed by atoms with Crippen molar-refractivity contribution in [2.45, 2.75) is 20.0 Å². The fourth-order valence-corrected chi connectivity index (χ4v) is 0.564. The number of carbonyl (C=O) groups excluding carboxylic acids is 2. The number of aliphatic carboxylic acids is 1. The van der Waals surface area contributed by atoms with Gasteiger partial charge < -0.3 is 19.7 Å². The minimum Gasteiger partial charge on any atom is -0.478 e. The normalized spacial score (nSPS) is 10.9. The molecule has 0 aromatic rings. The van der Waals surface area contributed by atoms with Gasteiger partial charge in [-0.2, -0.15) is 0 Å². The standard InChI is InChI=1S/C7H10O5.C5H8O2/c1-5(8)4-12-7(11)3-2-6(9)10;1-4(2)5(6)7-3/h2-3,5,8H,4H2,1H3,(H,9,10);1H2,2-3H3/b3-2+;. The molecule has 108 valence electrons. The molecule has 0 bridgehead atoms. The zero-order valence-corrected chi connectivity index (χ0v) is 11.1. The van der Waals surface area contributed by atoms with E-state index in [1.165, 1.54) is 14.0 Å². The molecule has 7 nitrogen and oxygen atoms in total. The van der Waals surface area contributed by atoms with Crippen molar-refractivity contribution in [1.29, 1.82) is 0 Å². The Hall–Kier alpha value is -2.15. The monoisotopic (exact) mass is 274 g/mol. The van der Waals surface area contributed by atoms with Crippen LogP contribution in [0.1, 0.15) is 13.8 Å². The third-order valence-corrected chi connectivity index (χ3v) is 1.36. The first-order valence-electron chi connectivity index (χ1n) is 5.20. The van der Waals surface area contributed by atoms with Gasteiger partial charge in [0.2, 0.25) is 0 Å². The topological polar surface area (TPSA) is 110 Å². The zero-order chi connectivity index (χ0) is 15.4. The molecule has 0 saturated heterocycles. The highest BCUT2D eigenvalue weighted by Gasteiger charge is 2.00. The van der Waals surface area contributed by atoms with Gasteiger partial charge in [0, 0.05) is 17.7 Å².